The molecule has 2 rings (SSSR count). The van der Waals surface area contributed by atoms with E-state index in [2.05, 4.69) is 37.8 Å². The third-order valence-corrected chi connectivity index (χ3v) is 4.19. The van der Waals surface area contributed by atoms with Gasteiger partial charge in [0.2, 0.25) is 5.91 Å². The van der Waals surface area contributed by atoms with Crippen molar-refractivity contribution in [2.75, 3.05) is 33.3 Å². The molecule has 4 heteroatoms. The Balaban J connectivity index is 1.86. The molecule has 1 fully saturated rings. The van der Waals surface area contributed by atoms with Crippen molar-refractivity contribution in [1.29, 1.82) is 0 Å². The highest BCUT2D eigenvalue weighted by molar-refractivity contribution is 5.76. The highest BCUT2D eigenvalue weighted by atomic mass is 16.5. The molecule has 128 valence electrons. The van der Waals surface area contributed by atoms with Gasteiger partial charge in [-0.3, -0.25) is 9.69 Å². The number of carbonyl (C=O) groups excluding carboxylic acids is 1. The lowest BCUT2D eigenvalue weighted by Gasteiger charge is -2.25. The number of benzene rings is 1. The zero-order valence-corrected chi connectivity index (χ0v) is 15.0. The van der Waals surface area contributed by atoms with Crippen LogP contribution in [0.2, 0.25) is 0 Å². The van der Waals surface area contributed by atoms with Crippen LogP contribution < -0.4 is 4.74 Å². The van der Waals surface area contributed by atoms with E-state index in [-0.39, 0.29) is 5.41 Å². The number of rotatable bonds is 4. The molecule has 1 aromatic rings. The Hall–Kier alpha value is -1.55. The SMILES string of the molecule is COc1ccc(CN2CCCN(C(=O)CC(C)(C)C)CC2)cc1. The third kappa shape index (κ3) is 5.87. The van der Waals surface area contributed by atoms with Crippen LogP contribution in [0.25, 0.3) is 0 Å². The van der Waals surface area contributed by atoms with Gasteiger partial charge in [0.15, 0.2) is 0 Å². The summed E-state index contributed by atoms with van der Waals surface area (Å²) in [4.78, 5) is 16.9. The quantitative estimate of drug-likeness (QED) is 0.855. The van der Waals surface area contributed by atoms with Crippen LogP contribution in [-0.4, -0.2) is 49.0 Å². The fraction of sp³-hybridized carbons (Fsp3) is 0.632. The molecule has 0 saturated carbocycles. The first-order valence-corrected chi connectivity index (χ1v) is 8.50. The monoisotopic (exact) mass is 318 g/mol. The maximum absolute atomic E-state index is 12.4. The first kappa shape index (κ1) is 17.8. The van der Waals surface area contributed by atoms with Crippen LogP contribution >= 0.6 is 0 Å². The molecule has 1 aromatic carbocycles. The van der Waals surface area contributed by atoms with Crippen molar-refractivity contribution < 1.29 is 9.53 Å². The molecule has 0 radical (unpaired) electrons. The zero-order valence-electron chi connectivity index (χ0n) is 15.0. The lowest BCUT2D eigenvalue weighted by atomic mass is 9.91. The van der Waals surface area contributed by atoms with Crippen molar-refractivity contribution in [2.45, 2.75) is 40.2 Å². The summed E-state index contributed by atoms with van der Waals surface area (Å²) < 4.78 is 5.20. The van der Waals surface area contributed by atoms with Gasteiger partial charge < -0.3 is 9.64 Å². The summed E-state index contributed by atoms with van der Waals surface area (Å²) in [5, 5.41) is 0. The van der Waals surface area contributed by atoms with Crippen molar-refractivity contribution in [3.8, 4) is 5.75 Å². The Morgan fingerprint density at radius 2 is 1.78 bits per heavy atom. The van der Waals surface area contributed by atoms with Crippen molar-refractivity contribution >= 4 is 5.91 Å². The maximum Gasteiger partial charge on any atom is 0.223 e. The van der Waals surface area contributed by atoms with Crippen LogP contribution in [0.3, 0.4) is 0 Å². The van der Waals surface area contributed by atoms with Crippen LogP contribution in [0.4, 0.5) is 0 Å². The predicted molar refractivity (Wildman–Crippen MR) is 93.5 cm³/mol. The van der Waals surface area contributed by atoms with Crippen LogP contribution in [0, 0.1) is 5.41 Å². The molecule has 0 unspecified atom stereocenters. The number of amides is 1. The van der Waals surface area contributed by atoms with Crippen molar-refractivity contribution in [3.05, 3.63) is 29.8 Å². The Labute approximate surface area is 140 Å². The fourth-order valence-electron chi connectivity index (χ4n) is 2.93. The summed E-state index contributed by atoms with van der Waals surface area (Å²) >= 11 is 0. The van der Waals surface area contributed by atoms with Gasteiger partial charge in [-0.05, 0) is 29.5 Å². The maximum atomic E-state index is 12.4. The molecule has 1 aliphatic rings. The first-order chi connectivity index (χ1) is 10.9. The highest BCUT2D eigenvalue weighted by Gasteiger charge is 2.23. The summed E-state index contributed by atoms with van der Waals surface area (Å²) in [5.41, 5.74) is 1.35. The van der Waals surface area contributed by atoms with Gasteiger partial charge in [-0.1, -0.05) is 32.9 Å². The Morgan fingerprint density at radius 1 is 1.09 bits per heavy atom. The minimum Gasteiger partial charge on any atom is -0.497 e. The number of ether oxygens (including phenoxy) is 1. The van der Waals surface area contributed by atoms with Crippen molar-refractivity contribution in [2.24, 2.45) is 5.41 Å². The molecule has 0 aliphatic carbocycles. The van der Waals surface area contributed by atoms with Gasteiger partial charge >= 0.3 is 0 Å². The van der Waals surface area contributed by atoms with E-state index in [0.717, 1.165) is 44.9 Å². The average Bonchev–Trinajstić information content (AvgIpc) is 2.72. The first-order valence-electron chi connectivity index (χ1n) is 8.50. The second-order valence-corrected chi connectivity index (χ2v) is 7.60. The van der Waals surface area contributed by atoms with E-state index in [4.69, 9.17) is 4.74 Å². The van der Waals surface area contributed by atoms with Gasteiger partial charge in [0.05, 0.1) is 7.11 Å². The zero-order chi connectivity index (χ0) is 16.9. The van der Waals surface area contributed by atoms with E-state index in [0.29, 0.717) is 12.3 Å². The van der Waals surface area contributed by atoms with Crippen LogP contribution in [-0.2, 0) is 11.3 Å². The molecule has 1 saturated heterocycles. The molecular weight excluding hydrogens is 288 g/mol. The van der Waals surface area contributed by atoms with Gasteiger partial charge in [-0.25, -0.2) is 0 Å². The van der Waals surface area contributed by atoms with E-state index in [1.54, 1.807) is 7.11 Å². The topological polar surface area (TPSA) is 32.8 Å². The molecule has 1 amide bonds. The predicted octanol–water partition coefficient (Wildman–Crippen LogP) is 3.17. The average molecular weight is 318 g/mol. The molecule has 0 atom stereocenters. The van der Waals surface area contributed by atoms with E-state index < -0.39 is 0 Å². The second kappa shape index (κ2) is 7.82. The van der Waals surface area contributed by atoms with E-state index in [1.807, 2.05) is 17.0 Å². The van der Waals surface area contributed by atoms with Gasteiger partial charge in [0, 0.05) is 39.1 Å². The number of methoxy groups -OCH3 is 1. The van der Waals surface area contributed by atoms with Gasteiger partial charge in [-0.15, -0.1) is 0 Å². The second-order valence-electron chi connectivity index (χ2n) is 7.60. The molecule has 0 aromatic heterocycles. The highest BCUT2D eigenvalue weighted by Crippen LogP contribution is 2.21. The molecule has 1 aliphatic heterocycles. The summed E-state index contributed by atoms with van der Waals surface area (Å²) in [7, 11) is 1.69. The van der Waals surface area contributed by atoms with Crippen LogP contribution in [0.5, 0.6) is 5.75 Å². The summed E-state index contributed by atoms with van der Waals surface area (Å²) in [6, 6.07) is 8.25. The summed E-state index contributed by atoms with van der Waals surface area (Å²) in [6.45, 7) is 11.0. The minimum absolute atomic E-state index is 0.0617. The molecule has 4 nitrogen and oxygen atoms in total. The summed E-state index contributed by atoms with van der Waals surface area (Å²) in [6.07, 6.45) is 1.68. The molecule has 1 heterocycles. The van der Waals surface area contributed by atoms with Gasteiger partial charge in [-0.2, -0.15) is 0 Å². The number of nitrogens with zero attached hydrogens (tertiary/aromatic N) is 2. The number of hydrogen-bond donors (Lipinski definition) is 0. The van der Waals surface area contributed by atoms with Crippen LogP contribution in [0.1, 0.15) is 39.2 Å². The molecular formula is C19H30N2O2. The van der Waals surface area contributed by atoms with Gasteiger partial charge in [0.1, 0.15) is 5.75 Å². The standard InChI is InChI=1S/C19H30N2O2/c1-19(2,3)14-18(22)21-11-5-10-20(12-13-21)15-16-6-8-17(23-4)9-7-16/h6-9H,5,10-15H2,1-4H3. The van der Waals surface area contributed by atoms with Gasteiger partial charge in [0.25, 0.3) is 0 Å². The number of carbonyl (C=O) groups is 1. The fourth-order valence-corrected chi connectivity index (χ4v) is 2.93. The smallest absolute Gasteiger partial charge is 0.223 e. The van der Waals surface area contributed by atoms with Crippen molar-refractivity contribution in [3.63, 3.8) is 0 Å². The van der Waals surface area contributed by atoms with E-state index >= 15 is 0 Å². The lowest BCUT2D eigenvalue weighted by molar-refractivity contribution is -0.132. The molecule has 0 bridgehead atoms. The van der Waals surface area contributed by atoms with Crippen LogP contribution in [0.15, 0.2) is 24.3 Å². The lowest BCUT2D eigenvalue weighted by Crippen LogP contribution is -2.36. The summed E-state index contributed by atoms with van der Waals surface area (Å²) in [5.74, 6) is 1.19. The Kier molecular flexibility index (Phi) is 6.05. The normalized spacial score (nSPS) is 17.0. The number of hydrogen-bond acceptors (Lipinski definition) is 3. The molecule has 0 N–H and O–H groups in total. The molecule has 23 heavy (non-hydrogen) atoms. The molecule has 0 spiro atoms. The van der Waals surface area contributed by atoms with Crippen molar-refractivity contribution in [1.82, 2.24) is 9.80 Å². The Bertz CT molecular complexity index is 505. The van der Waals surface area contributed by atoms with E-state index in [1.165, 1.54) is 5.56 Å². The minimum atomic E-state index is 0.0617. The third-order valence-electron chi connectivity index (χ3n) is 4.19. The van der Waals surface area contributed by atoms with E-state index in [9.17, 15) is 4.79 Å². The largest absolute Gasteiger partial charge is 0.497 e. The Morgan fingerprint density at radius 3 is 2.39 bits per heavy atom.